The predicted molar refractivity (Wildman–Crippen MR) is 120 cm³/mol. The summed E-state index contributed by atoms with van der Waals surface area (Å²) in [5, 5.41) is 19.1. The first-order valence-electron chi connectivity index (χ1n) is 10.4. The first-order chi connectivity index (χ1) is 15.3. The van der Waals surface area contributed by atoms with Crippen molar-refractivity contribution in [2.45, 2.75) is 26.4 Å². The molecule has 2 aromatic heterocycles. The van der Waals surface area contributed by atoms with Crippen molar-refractivity contribution in [2.75, 3.05) is 24.5 Å². The first kappa shape index (κ1) is 21.5. The summed E-state index contributed by atoms with van der Waals surface area (Å²) in [7, 11) is 1.60. The van der Waals surface area contributed by atoms with Crippen molar-refractivity contribution >= 4 is 16.7 Å². The Kier molecular flexibility index (Phi) is 5.65. The Hall–Kier alpha value is -3.75. The quantitative estimate of drug-likeness (QED) is 0.635. The molecule has 0 N–H and O–H groups in total. The fourth-order valence-corrected chi connectivity index (χ4v) is 4.27. The van der Waals surface area contributed by atoms with Crippen LogP contribution in [0.25, 0.3) is 11.0 Å². The molecule has 0 saturated carbocycles. The molecule has 0 radical (unpaired) electrons. The van der Waals surface area contributed by atoms with Gasteiger partial charge in [-0.15, -0.1) is 0 Å². The maximum atomic E-state index is 14.0. The Bertz CT molecular complexity index is 1350. The van der Waals surface area contributed by atoms with Gasteiger partial charge in [-0.05, 0) is 43.2 Å². The Labute approximate surface area is 185 Å². The summed E-state index contributed by atoms with van der Waals surface area (Å²) in [5.74, 6) is -0.210. The number of nitriles is 2. The average Bonchev–Trinajstić information content (AvgIpc) is 2.79. The molecule has 0 amide bonds. The van der Waals surface area contributed by atoms with Gasteiger partial charge < -0.3 is 9.47 Å². The largest absolute Gasteiger partial charge is 0.366 e. The van der Waals surface area contributed by atoms with Crippen molar-refractivity contribution in [3.63, 3.8) is 0 Å². The number of hydrogen-bond acceptors (Lipinski definition) is 6. The number of halogens is 1. The van der Waals surface area contributed by atoms with E-state index in [4.69, 9.17) is 0 Å². The number of hydrogen-bond donors (Lipinski definition) is 0. The molecule has 0 spiro atoms. The molecule has 1 aliphatic rings. The third-order valence-electron chi connectivity index (χ3n) is 6.14. The van der Waals surface area contributed by atoms with E-state index in [1.54, 1.807) is 38.2 Å². The van der Waals surface area contributed by atoms with Crippen molar-refractivity contribution in [1.82, 2.24) is 14.5 Å². The highest BCUT2D eigenvalue weighted by atomic mass is 19.1. The van der Waals surface area contributed by atoms with Crippen LogP contribution in [0.4, 0.5) is 10.1 Å². The van der Waals surface area contributed by atoms with Crippen LogP contribution in [-0.2, 0) is 13.6 Å². The molecule has 1 aliphatic heterocycles. The van der Waals surface area contributed by atoms with Gasteiger partial charge in [0.15, 0.2) is 0 Å². The van der Waals surface area contributed by atoms with Crippen molar-refractivity contribution in [3.05, 3.63) is 68.9 Å². The van der Waals surface area contributed by atoms with Gasteiger partial charge in [-0.1, -0.05) is 12.1 Å². The lowest BCUT2D eigenvalue weighted by molar-refractivity contribution is 0.181. The standard InChI is InChI=1S/C24H23FN6O/c1-15-4-5-17(10-20(15)25)14-30-8-9-31(13-16(30)2)23-19(12-27)24(32)29(3)21-7-6-18(11-26)28-22(21)23/h4-7,10,16H,8-9,13-14H2,1-3H3/t16-/m1/s1. The topological polar surface area (TPSA) is 89.0 Å². The summed E-state index contributed by atoms with van der Waals surface area (Å²) in [4.78, 5) is 21.6. The average molecular weight is 430 g/mol. The van der Waals surface area contributed by atoms with Gasteiger partial charge in [0.25, 0.3) is 5.56 Å². The lowest BCUT2D eigenvalue weighted by Crippen LogP contribution is -2.52. The van der Waals surface area contributed by atoms with E-state index in [0.717, 1.165) is 5.56 Å². The molecule has 3 aromatic rings. The fourth-order valence-electron chi connectivity index (χ4n) is 4.27. The van der Waals surface area contributed by atoms with Crippen LogP contribution in [-0.4, -0.2) is 40.1 Å². The van der Waals surface area contributed by atoms with Crippen LogP contribution < -0.4 is 10.5 Å². The van der Waals surface area contributed by atoms with Gasteiger partial charge in [0, 0.05) is 39.3 Å². The van der Waals surface area contributed by atoms with E-state index in [1.165, 1.54) is 4.57 Å². The highest BCUT2D eigenvalue weighted by Crippen LogP contribution is 2.29. The van der Waals surface area contributed by atoms with Gasteiger partial charge in [0.2, 0.25) is 0 Å². The maximum Gasteiger partial charge on any atom is 0.270 e. The third kappa shape index (κ3) is 3.70. The minimum absolute atomic E-state index is 0.0313. The van der Waals surface area contributed by atoms with Gasteiger partial charge in [-0.25, -0.2) is 9.37 Å². The molecule has 0 aliphatic carbocycles. The SMILES string of the molecule is Cc1ccc(CN2CCN(c3c(C#N)c(=O)n(C)c4ccc(C#N)nc34)C[C@H]2C)cc1F. The second-order valence-electron chi connectivity index (χ2n) is 8.22. The molecular weight excluding hydrogens is 407 g/mol. The van der Waals surface area contributed by atoms with Crippen LogP contribution in [0, 0.1) is 35.4 Å². The minimum atomic E-state index is -0.383. The summed E-state index contributed by atoms with van der Waals surface area (Å²) >= 11 is 0. The Morgan fingerprint density at radius 2 is 1.97 bits per heavy atom. The van der Waals surface area contributed by atoms with E-state index in [-0.39, 0.29) is 28.7 Å². The molecule has 7 nitrogen and oxygen atoms in total. The van der Waals surface area contributed by atoms with Gasteiger partial charge in [0.05, 0.1) is 11.2 Å². The maximum absolute atomic E-state index is 14.0. The van der Waals surface area contributed by atoms with Crippen molar-refractivity contribution in [3.8, 4) is 12.1 Å². The zero-order valence-electron chi connectivity index (χ0n) is 18.3. The zero-order chi connectivity index (χ0) is 23.0. The number of aromatic nitrogens is 2. The van der Waals surface area contributed by atoms with Crippen LogP contribution in [0.15, 0.2) is 35.1 Å². The first-order valence-corrected chi connectivity index (χ1v) is 10.4. The summed E-state index contributed by atoms with van der Waals surface area (Å²) in [5.41, 5.74) is 2.94. The fraction of sp³-hybridized carbons (Fsp3) is 0.333. The van der Waals surface area contributed by atoms with Crippen molar-refractivity contribution < 1.29 is 4.39 Å². The molecule has 32 heavy (non-hydrogen) atoms. The van der Waals surface area contributed by atoms with E-state index in [1.807, 2.05) is 17.0 Å². The number of aryl methyl sites for hydroxylation is 2. The third-order valence-corrected chi connectivity index (χ3v) is 6.14. The molecule has 1 aromatic carbocycles. The van der Waals surface area contributed by atoms with Gasteiger partial charge in [0.1, 0.15) is 34.7 Å². The van der Waals surface area contributed by atoms with Gasteiger partial charge in [-0.2, -0.15) is 10.5 Å². The highest BCUT2D eigenvalue weighted by molar-refractivity contribution is 5.92. The minimum Gasteiger partial charge on any atom is -0.366 e. The molecule has 1 saturated heterocycles. The van der Waals surface area contributed by atoms with Crippen molar-refractivity contribution in [1.29, 1.82) is 10.5 Å². The lowest BCUT2D eigenvalue weighted by Gasteiger charge is -2.41. The number of benzene rings is 1. The second-order valence-corrected chi connectivity index (χ2v) is 8.22. The van der Waals surface area contributed by atoms with Crippen LogP contribution >= 0.6 is 0 Å². The number of piperazine rings is 1. The van der Waals surface area contributed by atoms with Gasteiger partial charge >= 0.3 is 0 Å². The monoisotopic (exact) mass is 430 g/mol. The number of pyridine rings is 2. The van der Waals surface area contributed by atoms with E-state index in [9.17, 15) is 19.7 Å². The molecule has 1 fully saturated rings. The van der Waals surface area contributed by atoms with Crippen LogP contribution in [0.5, 0.6) is 0 Å². The Morgan fingerprint density at radius 3 is 2.62 bits per heavy atom. The molecule has 3 heterocycles. The van der Waals surface area contributed by atoms with E-state index in [0.29, 0.717) is 48.5 Å². The van der Waals surface area contributed by atoms with E-state index < -0.39 is 0 Å². The highest BCUT2D eigenvalue weighted by Gasteiger charge is 2.29. The number of fused-ring (bicyclic) bond motifs is 1. The van der Waals surface area contributed by atoms with Gasteiger partial charge in [-0.3, -0.25) is 9.69 Å². The summed E-state index contributed by atoms with van der Waals surface area (Å²) < 4.78 is 15.4. The van der Waals surface area contributed by atoms with Crippen LogP contribution in [0.2, 0.25) is 0 Å². The van der Waals surface area contributed by atoms with E-state index >= 15 is 0 Å². The normalized spacial score (nSPS) is 16.7. The smallest absolute Gasteiger partial charge is 0.270 e. The number of nitrogens with zero attached hydrogens (tertiary/aromatic N) is 6. The molecule has 0 unspecified atom stereocenters. The Balaban J connectivity index is 1.69. The summed E-state index contributed by atoms with van der Waals surface area (Å²) in [6.45, 7) is 6.26. The number of anilines is 1. The molecule has 1 atom stereocenters. The zero-order valence-corrected chi connectivity index (χ0v) is 18.3. The predicted octanol–water partition coefficient (Wildman–Crippen LogP) is 2.84. The molecule has 0 bridgehead atoms. The number of rotatable bonds is 3. The van der Waals surface area contributed by atoms with Crippen molar-refractivity contribution in [2.24, 2.45) is 7.05 Å². The summed E-state index contributed by atoms with van der Waals surface area (Å²) in [6, 6.07) is 12.7. The van der Waals surface area contributed by atoms with Crippen LogP contribution in [0.1, 0.15) is 29.3 Å². The lowest BCUT2D eigenvalue weighted by atomic mass is 10.1. The Morgan fingerprint density at radius 1 is 1.19 bits per heavy atom. The molecule has 8 heteroatoms. The van der Waals surface area contributed by atoms with E-state index in [2.05, 4.69) is 22.9 Å². The van der Waals surface area contributed by atoms with Crippen LogP contribution in [0.3, 0.4) is 0 Å². The molecule has 4 rings (SSSR count). The second kappa shape index (κ2) is 8.41. The molecule has 162 valence electrons. The molecular formula is C24H23FN6O. The summed E-state index contributed by atoms with van der Waals surface area (Å²) in [6.07, 6.45) is 0.